The molecule has 0 amide bonds. The molecule has 0 bridgehead atoms. The van der Waals surface area contributed by atoms with Crippen molar-refractivity contribution < 1.29 is 19.1 Å². The monoisotopic (exact) mass is 357 g/mol. The Morgan fingerprint density at radius 1 is 0.960 bits per heavy atom. The lowest BCUT2D eigenvalue weighted by Gasteiger charge is -2.21. The maximum Gasteiger partial charge on any atom is 0.231 e. The second-order valence-electron chi connectivity index (χ2n) is 5.28. The first kappa shape index (κ1) is 17.2. The third kappa shape index (κ3) is 3.57. The zero-order valence-electron chi connectivity index (χ0n) is 13.5. The van der Waals surface area contributed by atoms with Crippen LogP contribution in [0.3, 0.4) is 0 Å². The van der Waals surface area contributed by atoms with Crippen LogP contribution >= 0.6 is 11.6 Å². The van der Waals surface area contributed by atoms with Crippen LogP contribution in [-0.4, -0.2) is 24.9 Å². The maximum atomic E-state index is 12.8. The predicted octanol–water partition coefficient (Wildman–Crippen LogP) is 3.59. The average molecular weight is 358 g/mol. The molecule has 0 aliphatic heterocycles. The Labute approximate surface area is 150 Å². The summed E-state index contributed by atoms with van der Waals surface area (Å²) in [5.74, 6) is -0.301. The summed E-state index contributed by atoms with van der Waals surface area (Å²) in [6.45, 7) is 2.41. The first-order valence-electron chi connectivity index (χ1n) is 7.79. The van der Waals surface area contributed by atoms with Crippen LogP contribution in [0.4, 0.5) is 0 Å². The van der Waals surface area contributed by atoms with E-state index in [-0.39, 0.29) is 29.8 Å². The fourth-order valence-corrected chi connectivity index (χ4v) is 2.58. The fraction of sp³-hybridized carbons (Fsp3) is 0.158. The summed E-state index contributed by atoms with van der Waals surface area (Å²) in [6.07, 6.45) is 0. The van der Waals surface area contributed by atoms with Gasteiger partial charge in [-0.05, 0) is 31.2 Å². The maximum absolute atomic E-state index is 12.8. The Morgan fingerprint density at radius 2 is 1.60 bits per heavy atom. The molecule has 0 heterocycles. The molecular weight excluding hydrogens is 342 g/mol. The van der Waals surface area contributed by atoms with Gasteiger partial charge in [0.1, 0.15) is 18.2 Å². The lowest BCUT2D eigenvalue weighted by atomic mass is 9.91. The molecule has 128 valence electrons. The zero-order valence-corrected chi connectivity index (χ0v) is 14.3. The van der Waals surface area contributed by atoms with E-state index in [9.17, 15) is 9.59 Å². The summed E-state index contributed by atoms with van der Waals surface area (Å²) in [5.41, 5.74) is 0.750. The van der Waals surface area contributed by atoms with E-state index in [0.717, 1.165) is 0 Å². The molecule has 0 unspecified atom stereocenters. The Kier molecular flexibility index (Phi) is 5.16. The molecule has 3 rings (SSSR count). The number of benzene rings is 2. The van der Waals surface area contributed by atoms with Crippen LogP contribution < -0.4 is 10.1 Å². The van der Waals surface area contributed by atoms with Crippen molar-refractivity contribution in [2.45, 2.75) is 6.92 Å². The normalized spacial score (nSPS) is 13.7. The van der Waals surface area contributed by atoms with Crippen LogP contribution in [0.1, 0.15) is 27.6 Å². The van der Waals surface area contributed by atoms with E-state index in [1.54, 1.807) is 48.5 Å². The molecule has 0 spiro atoms. The van der Waals surface area contributed by atoms with Crippen LogP contribution in [0.2, 0.25) is 5.02 Å². The van der Waals surface area contributed by atoms with E-state index in [1.165, 1.54) is 0 Å². The lowest BCUT2D eigenvalue weighted by Crippen LogP contribution is -2.33. The average Bonchev–Trinajstić information content (AvgIpc) is 2.63. The molecule has 0 saturated carbocycles. The highest BCUT2D eigenvalue weighted by atomic mass is 35.5. The lowest BCUT2D eigenvalue weighted by molar-refractivity contribution is 0.0907. The molecule has 0 aromatic heterocycles. The Hall–Kier alpha value is -2.63. The topological polar surface area (TPSA) is 64.6 Å². The van der Waals surface area contributed by atoms with Crippen molar-refractivity contribution in [1.29, 1.82) is 0 Å². The van der Waals surface area contributed by atoms with Gasteiger partial charge in [-0.2, -0.15) is 0 Å². The van der Waals surface area contributed by atoms with Gasteiger partial charge in [0.25, 0.3) is 0 Å². The summed E-state index contributed by atoms with van der Waals surface area (Å²) >= 11 is 5.87. The van der Waals surface area contributed by atoms with E-state index in [2.05, 4.69) is 5.32 Å². The number of Topliss-reactive ketones (excluding diaryl/α,β-unsaturated/α-hetero) is 2. The van der Waals surface area contributed by atoms with E-state index in [1.807, 2.05) is 6.92 Å². The molecule has 1 aliphatic carbocycles. The number of hydrogen-bond acceptors (Lipinski definition) is 5. The molecule has 0 radical (unpaired) electrons. The van der Waals surface area contributed by atoms with Gasteiger partial charge in [0.2, 0.25) is 17.3 Å². The molecule has 0 saturated heterocycles. The third-order valence-electron chi connectivity index (χ3n) is 3.67. The number of halogens is 1. The molecule has 0 atom stereocenters. The van der Waals surface area contributed by atoms with Crippen LogP contribution in [0.5, 0.6) is 5.75 Å². The van der Waals surface area contributed by atoms with Crippen LogP contribution in [-0.2, 0) is 4.74 Å². The number of rotatable bonds is 6. The van der Waals surface area contributed by atoms with Gasteiger partial charge in [0, 0.05) is 22.8 Å². The van der Waals surface area contributed by atoms with Crippen molar-refractivity contribution in [3.63, 3.8) is 0 Å². The van der Waals surface area contributed by atoms with Crippen molar-refractivity contribution in [1.82, 2.24) is 5.32 Å². The second-order valence-corrected chi connectivity index (χ2v) is 5.71. The van der Waals surface area contributed by atoms with Crippen molar-refractivity contribution >= 4 is 23.2 Å². The Morgan fingerprint density at radius 3 is 2.24 bits per heavy atom. The number of carbonyl (C=O) groups excluding carboxylic acids is 2. The Bertz CT molecular complexity index is 843. The molecule has 1 aliphatic rings. The number of carbonyl (C=O) groups is 2. The minimum atomic E-state index is -0.357. The van der Waals surface area contributed by atoms with Gasteiger partial charge in [-0.15, -0.1) is 0 Å². The zero-order chi connectivity index (χ0) is 17.8. The second kappa shape index (κ2) is 7.51. The van der Waals surface area contributed by atoms with Crippen molar-refractivity contribution in [2.75, 3.05) is 13.3 Å². The minimum absolute atomic E-state index is 0.0503. The quantitative estimate of drug-likeness (QED) is 0.632. The number of ketones is 2. The summed E-state index contributed by atoms with van der Waals surface area (Å²) < 4.78 is 11.0. The van der Waals surface area contributed by atoms with E-state index in [0.29, 0.717) is 28.5 Å². The summed E-state index contributed by atoms with van der Waals surface area (Å²) in [6, 6.07) is 13.2. The van der Waals surface area contributed by atoms with Crippen molar-refractivity contribution in [3.05, 3.63) is 76.1 Å². The molecule has 25 heavy (non-hydrogen) atoms. The predicted molar refractivity (Wildman–Crippen MR) is 93.8 cm³/mol. The highest BCUT2D eigenvalue weighted by Crippen LogP contribution is 2.28. The van der Waals surface area contributed by atoms with Gasteiger partial charge in [0.05, 0.1) is 0 Å². The third-order valence-corrected chi connectivity index (χ3v) is 3.92. The Balaban J connectivity index is 2.00. The van der Waals surface area contributed by atoms with Gasteiger partial charge in [-0.25, -0.2) is 0 Å². The number of nitrogens with one attached hydrogen (secondary N) is 1. The molecule has 0 fully saturated rings. The molecule has 2 aromatic carbocycles. The number of fused-ring (bicyclic) bond motifs is 1. The molecule has 1 N–H and O–H groups in total. The van der Waals surface area contributed by atoms with Gasteiger partial charge in [-0.1, -0.05) is 35.9 Å². The fourth-order valence-electron chi connectivity index (χ4n) is 2.46. The van der Waals surface area contributed by atoms with E-state index in [4.69, 9.17) is 21.1 Å². The minimum Gasteiger partial charge on any atom is -0.451 e. The van der Waals surface area contributed by atoms with Gasteiger partial charge >= 0.3 is 0 Å². The van der Waals surface area contributed by atoms with E-state index >= 15 is 0 Å². The summed E-state index contributed by atoms with van der Waals surface area (Å²) in [5, 5.41) is 3.41. The largest absolute Gasteiger partial charge is 0.451 e. The van der Waals surface area contributed by atoms with Crippen LogP contribution in [0.25, 0.3) is 0 Å². The smallest absolute Gasteiger partial charge is 0.231 e. The molecule has 6 heteroatoms. The summed E-state index contributed by atoms with van der Waals surface area (Å²) in [4.78, 5) is 25.6. The molecule has 2 aromatic rings. The van der Waals surface area contributed by atoms with E-state index < -0.39 is 0 Å². The molecule has 5 nitrogen and oxygen atoms in total. The van der Waals surface area contributed by atoms with Gasteiger partial charge < -0.3 is 14.8 Å². The van der Waals surface area contributed by atoms with Crippen LogP contribution in [0, 0.1) is 0 Å². The SMILES string of the molecule is CCOCNC1=C(Oc2ccc(Cl)cc2)C(=O)c2ccccc2C1=O. The number of allylic oxidation sites excluding steroid dienone is 2. The van der Waals surface area contributed by atoms with Crippen molar-refractivity contribution in [2.24, 2.45) is 0 Å². The first-order chi connectivity index (χ1) is 12.1. The van der Waals surface area contributed by atoms with Crippen LogP contribution in [0.15, 0.2) is 60.0 Å². The standard InChI is InChI=1S/C19H16ClNO4/c1-2-24-11-21-16-17(22)14-5-3-4-6-15(14)18(23)19(16)25-13-9-7-12(20)8-10-13/h3-10,21H,2,11H2,1H3. The van der Waals surface area contributed by atoms with Gasteiger partial charge in [0.15, 0.2) is 0 Å². The van der Waals surface area contributed by atoms with Gasteiger partial charge in [-0.3, -0.25) is 9.59 Å². The first-order valence-corrected chi connectivity index (χ1v) is 8.17. The highest BCUT2D eigenvalue weighted by molar-refractivity contribution is 6.30. The number of hydrogen-bond donors (Lipinski definition) is 1. The summed E-state index contributed by atoms with van der Waals surface area (Å²) in [7, 11) is 0. The van der Waals surface area contributed by atoms with Crippen molar-refractivity contribution in [3.8, 4) is 5.75 Å². The number of ether oxygens (including phenoxy) is 2. The molecular formula is C19H16ClNO4. The highest BCUT2D eigenvalue weighted by Gasteiger charge is 2.33.